The van der Waals surface area contributed by atoms with Gasteiger partial charge in [-0.15, -0.1) is 0 Å². The second kappa shape index (κ2) is 10.5. The Morgan fingerprint density at radius 1 is 1.00 bits per heavy atom. The molecule has 0 bridgehead atoms. The average molecular weight is 473 g/mol. The molecule has 0 heterocycles. The largest absolute Gasteiger partial charge is 0.488 e. The van der Waals surface area contributed by atoms with Crippen LogP contribution in [0.4, 0.5) is 15.8 Å². The average Bonchev–Trinajstić information content (AvgIpc) is 2.78. The van der Waals surface area contributed by atoms with Crippen LogP contribution in [0.1, 0.15) is 21.5 Å². The highest BCUT2D eigenvalue weighted by Crippen LogP contribution is 2.24. The van der Waals surface area contributed by atoms with E-state index in [1.54, 1.807) is 12.1 Å². The fraction of sp³-hybridized carbons (Fsp3) is 0.208. The predicted octanol–water partition coefficient (Wildman–Crippen LogP) is 4.52. The first-order valence-electron chi connectivity index (χ1n) is 10.1. The van der Waals surface area contributed by atoms with Crippen LogP contribution in [0.2, 0.25) is 0 Å². The van der Waals surface area contributed by atoms with Crippen molar-refractivity contribution < 1.29 is 27.1 Å². The summed E-state index contributed by atoms with van der Waals surface area (Å²) >= 11 is 0. The van der Waals surface area contributed by atoms with Gasteiger partial charge in [0.15, 0.2) is 11.6 Å². The van der Waals surface area contributed by atoms with E-state index < -0.39 is 21.7 Å². The van der Waals surface area contributed by atoms with E-state index >= 15 is 0 Å². The van der Waals surface area contributed by atoms with Crippen LogP contribution in [-0.4, -0.2) is 34.6 Å². The van der Waals surface area contributed by atoms with Gasteiger partial charge in [0.2, 0.25) is 0 Å². The summed E-state index contributed by atoms with van der Waals surface area (Å²) in [7, 11) is -2.31. The first kappa shape index (κ1) is 24.2. The molecule has 174 valence electrons. The molecule has 0 unspecified atom stereocenters. The molecule has 3 aromatic carbocycles. The number of carbonyl (C=O) groups is 1. The Kier molecular flexibility index (Phi) is 7.67. The quantitative estimate of drug-likeness (QED) is 0.447. The number of halogens is 1. The molecule has 0 spiro atoms. The minimum absolute atomic E-state index is 0.0172. The number of amides is 1. The zero-order chi connectivity index (χ0) is 24.0. The molecule has 0 saturated carbocycles. The van der Waals surface area contributed by atoms with Crippen molar-refractivity contribution in [1.82, 2.24) is 0 Å². The summed E-state index contributed by atoms with van der Waals surface area (Å²) in [6, 6.07) is 14.9. The Bertz CT molecular complexity index is 1240. The highest BCUT2D eigenvalue weighted by molar-refractivity contribution is 7.92. The molecule has 2 N–H and O–H groups in total. The lowest BCUT2D eigenvalue weighted by molar-refractivity contribution is 0.102. The van der Waals surface area contributed by atoms with Gasteiger partial charge in [-0.1, -0.05) is 12.1 Å². The predicted molar refractivity (Wildman–Crippen MR) is 125 cm³/mol. The normalized spacial score (nSPS) is 11.2. The van der Waals surface area contributed by atoms with Crippen LogP contribution in [0, 0.1) is 19.7 Å². The number of hydrogen-bond donors (Lipinski definition) is 2. The number of aryl methyl sites for hydroxylation is 1. The Hall–Kier alpha value is -3.43. The Morgan fingerprint density at radius 3 is 2.39 bits per heavy atom. The van der Waals surface area contributed by atoms with Crippen LogP contribution in [0.25, 0.3) is 0 Å². The van der Waals surface area contributed by atoms with E-state index in [0.29, 0.717) is 12.3 Å². The molecule has 0 radical (unpaired) electrons. The Morgan fingerprint density at radius 2 is 1.73 bits per heavy atom. The van der Waals surface area contributed by atoms with Gasteiger partial charge in [-0.3, -0.25) is 9.52 Å². The molecule has 3 aromatic rings. The lowest BCUT2D eigenvalue weighted by Crippen LogP contribution is -2.15. The molecule has 0 aliphatic heterocycles. The summed E-state index contributed by atoms with van der Waals surface area (Å²) in [6.07, 6.45) is 0. The van der Waals surface area contributed by atoms with Gasteiger partial charge in [-0.25, -0.2) is 12.8 Å². The molecule has 0 aliphatic rings. The summed E-state index contributed by atoms with van der Waals surface area (Å²) in [4.78, 5) is 12.5. The molecular weight excluding hydrogens is 447 g/mol. The van der Waals surface area contributed by atoms with Gasteiger partial charge in [0.05, 0.1) is 17.2 Å². The zero-order valence-electron chi connectivity index (χ0n) is 18.5. The van der Waals surface area contributed by atoms with Crippen LogP contribution in [0.3, 0.4) is 0 Å². The number of nitrogens with one attached hydrogen (secondary N) is 2. The van der Waals surface area contributed by atoms with Gasteiger partial charge in [0, 0.05) is 24.4 Å². The first-order valence-corrected chi connectivity index (χ1v) is 11.6. The van der Waals surface area contributed by atoms with Crippen molar-refractivity contribution in [3.05, 3.63) is 83.2 Å². The highest BCUT2D eigenvalue weighted by Gasteiger charge is 2.17. The van der Waals surface area contributed by atoms with Crippen LogP contribution in [-0.2, 0) is 14.8 Å². The van der Waals surface area contributed by atoms with E-state index in [0.717, 1.165) is 17.2 Å². The summed E-state index contributed by atoms with van der Waals surface area (Å²) in [5.74, 6) is -1.08. The van der Waals surface area contributed by atoms with Crippen molar-refractivity contribution in [1.29, 1.82) is 0 Å². The van der Waals surface area contributed by atoms with Crippen molar-refractivity contribution in [2.45, 2.75) is 18.7 Å². The molecule has 0 atom stereocenters. The van der Waals surface area contributed by atoms with Crippen molar-refractivity contribution >= 4 is 27.3 Å². The SMILES string of the molecule is COCCOc1ccc(NC(=O)c2ccc(S(=O)(=O)Nc3cccc(C)c3C)cc2)cc1F. The van der Waals surface area contributed by atoms with Crippen molar-refractivity contribution in [3.63, 3.8) is 0 Å². The van der Waals surface area contributed by atoms with Gasteiger partial charge >= 0.3 is 0 Å². The van der Waals surface area contributed by atoms with Gasteiger partial charge in [-0.2, -0.15) is 0 Å². The zero-order valence-corrected chi connectivity index (χ0v) is 19.3. The van der Waals surface area contributed by atoms with E-state index in [1.165, 1.54) is 43.5 Å². The van der Waals surface area contributed by atoms with Gasteiger partial charge in [-0.05, 0) is 67.4 Å². The lowest BCUT2D eigenvalue weighted by atomic mass is 10.1. The number of carbonyl (C=O) groups excluding carboxylic acids is 1. The van der Waals surface area contributed by atoms with E-state index in [-0.39, 0.29) is 28.5 Å². The standard InChI is InChI=1S/C24H25FN2O5S/c1-16-5-4-6-22(17(16)2)27-33(29,30)20-10-7-18(8-11-20)24(28)26-19-9-12-23(21(25)15-19)32-14-13-31-3/h4-12,15,27H,13-14H2,1-3H3,(H,26,28). The van der Waals surface area contributed by atoms with E-state index in [4.69, 9.17) is 9.47 Å². The summed E-state index contributed by atoms with van der Waals surface area (Å²) in [6.45, 7) is 4.26. The fourth-order valence-electron chi connectivity index (χ4n) is 2.98. The van der Waals surface area contributed by atoms with Crippen molar-refractivity contribution in [2.75, 3.05) is 30.4 Å². The second-order valence-electron chi connectivity index (χ2n) is 7.32. The molecule has 0 aromatic heterocycles. The number of anilines is 2. The molecule has 33 heavy (non-hydrogen) atoms. The number of hydrogen-bond acceptors (Lipinski definition) is 5. The number of benzene rings is 3. The molecular formula is C24H25FN2O5S. The fourth-order valence-corrected chi connectivity index (χ4v) is 4.11. The Labute approximate surface area is 192 Å². The van der Waals surface area contributed by atoms with Gasteiger partial charge < -0.3 is 14.8 Å². The topological polar surface area (TPSA) is 93.7 Å². The van der Waals surface area contributed by atoms with Gasteiger partial charge in [0.25, 0.3) is 15.9 Å². The summed E-state index contributed by atoms with van der Waals surface area (Å²) in [5, 5.41) is 2.58. The van der Waals surface area contributed by atoms with Gasteiger partial charge in [0.1, 0.15) is 6.61 Å². The van der Waals surface area contributed by atoms with Crippen LogP contribution < -0.4 is 14.8 Å². The summed E-state index contributed by atoms with van der Waals surface area (Å²) in [5.41, 5.74) is 2.76. The molecule has 0 fully saturated rings. The maximum absolute atomic E-state index is 14.2. The van der Waals surface area contributed by atoms with Crippen molar-refractivity contribution in [2.24, 2.45) is 0 Å². The number of sulfonamides is 1. The van der Waals surface area contributed by atoms with E-state index in [2.05, 4.69) is 10.0 Å². The smallest absolute Gasteiger partial charge is 0.261 e. The number of rotatable bonds is 9. The Balaban J connectivity index is 1.68. The van der Waals surface area contributed by atoms with Crippen molar-refractivity contribution in [3.8, 4) is 5.75 Å². The molecule has 0 saturated heterocycles. The van der Waals surface area contributed by atoms with E-state index in [9.17, 15) is 17.6 Å². The second-order valence-corrected chi connectivity index (χ2v) is 9.00. The number of methoxy groups -OCH3 is 1. The monoisotopic (exact) mass is 472 g/mol. The van der Waals surface area contributed by atoms with Crippen LogP contribution in [0.15, 0.2) is 65.6 Å². The lowest BCUT2D eigenvalue weighted by Gasteiger charge is -2.12. The minimum atomic E-state index is -3.83. The molecule has 1 amide bonds. The molecule has 7 nitrogen and oxygen atoms in total. The third-order valence-corrected chi connectivity index (χ3v) is 6.39. The van der Waals surface area contributed by atoms with E-state index in [1.807, 2.05) is 19.9 Å². The molecule has 3 rings (SSSR count). The maximum Gasteiger partial charge on any atom is 0.261 e. The van der Waals surface area contributed by atoms with Crippen LogP contribution >= 0.6 is 0 Å². The van der Waals surface area contributed by atoms with Crippen LogP contribution in [0.5, 0.6) is 5.75 Å². The third-order valence-electron chi connectivity index (χ3n) is 5.01. The minimum Gasteiger partial charge on any atom is -0.488 e. The maximum atomic E-state index is 14.2. The third kappa shape index (κ3) is 6.09. The first-order chi connectivity index (χ1) is 15.7. The number of ether oxygens (including phenoxy) is 2. The summed E-state index contributed by atoms with van der Waals surface area (Å²) < 4.78 is 52.3. The molecule has 9 heteroatoms. The molecule has 0 aliphatic carbocycles. The highest BCUT2D eigenvalue weighted by atomic mass is 32.2.